The van der Waals surface area contributed by atoms with Gasteiger partial charge in [-0.2, -0.15) is 5.10 Å². The monoisotopic (exact) mass is 448 g/mol. The summed E-state index contributed by atoms with van der Waals surface area (Å²) in [5.74, 6) is -1.17. The van der Waals surface area contributed by atoms with E-state index < -0.39 is 11.8 Å². The molecule has 9 nitrogen and oxygen atoms in total. The molecule has 0 unspecified atom stereocenters. The van der Waals surface area contributed by atoms with Crippen molar-refractivity contribution in [3.8, 4) is 5.75 Å². The minimum atomic E-state index is -0.927. The van der Waals surface area contributed by atoms with Gasteiger partial charge in [-0.05, 0) is 55.3 Å². The smallest absolute Gasteiger partial charge is 0.329 e. The molecule has 0 bridgehead atoms. The molecular formula is C24H24N4O5. The predicted molar refractivity (Wildman–Crippen MR) is 123 cm³/mol. The summed E-state index contributed by atoms with van der Waals surface area (Å²) >= 11 is 0. The summed E-state index contributed by atoms with van der Waals surface area (Å²) < 4.78 is 10.7. The summed E-state index contributed by atoms with van der Waals surface area (Å²) in [7, 11) is 0. The maximum atomic E-state index is 12.3. The zero-order valence-electron chi connectivity index (χ0n) is 18.3. The molecule has 33 heavy (non-hydrogen) atoms. The fraction of sp³-hybridized carbons (Fsp3) is 0.167. The molecule has 0 saturated heterocycles. The lowest BCUT2D eigenvalue weighted by Gasteiger charge is -2.11. The number of aryl methyl sites for hydroxylation is 2. The highest BCUT2D eigenvalue weighted by molar-refractivity contribution is 6.35. The van der Waals surface area contributed by atoms with Crippen molar-refractivity contribution in [1.82, 2.24) is 10.7 Å². The van der Waals surface area contributed by atoms with Crippen molar-refractivity contribution in [2.24, 2.45) is 5.10 Å². The molecular weight excluding hydrogens is 424 g/mol. The van der Waals surface area contributed by atoms with Crippen molar-refractivity contribution in [3.63, 3.8) is 0 Å². The van der Waals surface area contributed by atoms with Crippen molar-refractivity contribution in [2.75, 3.05) is 11.9 Å². The lowest BCUT2D eigenvalue weighted by atomic mass is 10.1. The lowest BCUT2D eigenvalue weighted by Crippen LogP contribution is -2.37. The topological polar surface area (TPSA) is 122 Å². The average molecular weight is 448 g/mol. The Hall–Kier alpha value is -4.40. The molecule has 3 rings (SSSR count). The highest BCUT2D eigenvalue weighted by Crippen LogP contribution is 2.18. The Balaban J connectivity index is 1.51. The van der Waals surface area contributed by atoms with Crippen LogP contribution in [0.5, 0.6) is 5.75 Å². The van der Waals surface area contributed by atoms with Gasteiger partial charge in [0, 0.05) is 11.3 Å². The fourth-order valence-electron chi connectivity index (χ4n) is 2.79. The van der Waals surface area contributed by atoms with Gasteiger partial charge < -0.3 is 19.8 Å². The molecule has 0 radical (unpaired) electrons. The number of carbonyl (C=O) groups is 3. The minimum Gasteiger partial charge on any atom is -0.483 e. The molecule has 0 saturated carbocycles. The van der Waals surface area contributed by atoms with Gasteiger partial charge in [-0.25, -0.2) is 5.43 Å². The molecule has 0 atom stereocenters. The number of hydrazone groups is 1. The molecule has 3 amide bonds. The van der Waals surface area contributed by atoms with Crippen LogP contribution >= 0.6 is 0 Å². The van der Waals surface area contributed by atoms with E-state index in [0.717, 1.165) is 16.8 Å². The van der Waals surface area contributed by atoms with Crippen LogP contribution in [0.15, 0.2) is 70.4 Å². The molecule has 170 valence electrons. The number of hydrogen-bond donors (Lipinski definition) is 3. The largest absolute Gasteiger partial charge is 0.483 e. The van der Waals surface area contributed by atoms with Gasteiger partial charge in [0.15, 0.2) is 6.61 Å². The van der Waals surface area contributed by atoms with Gasteiger partial charge in [0.2, 0.25) is 0 Å². The molecule has 0 aliphatic rings. The van der Waals surface area contributed by atoms with Gasteiger partial charge in [-0.3, -0.25) is 14.4 Å². The van der Waals surface area contributed by atoms with E-state index in [9.17, 15) is 14.4 Å². The number of rotatable bonds is 8. The van der Waals surface area contributed by atoms with Crippen LogP contribution in [-0.2, 0) is 20.9 Å². The molecule has 0 aliphatic carbocycles. The first-order valence-corrected chi connectivity index (χ1v) is 10.1. The highest BCUT2D eigenvalue weighted by Gasteiger charge is 2.13. The Labute approximate surface area is 190 Å². The second kappa shape index (κ2) is 11.3. The van der Waals surface area contributed by atoms with E-state index in [0.29, 0.717) is 17.1 Å². The van der Waals surface area contributed by atoms with Crippen LogP contribution in [0.3, 0.4) is 0 Å². The van der Waals surface area contributed by atoms with Crippen LogP contribution in [0.2, 0.25) is 0 Å². The van der Waals surface area contributed by atoms with Crippen molar-refractivity contribution in [3.05, 3.63) is 83.3 Å². The van der Waals surface area contributed by atoms with E-state index in [4.69, 9.17) is 9.15 Å². The number of nitrogens with zero attached hydrogens (tertiary/aromatic N) is 1. The third-order valence-electron chi connectivity index (χ3n) is 4.52. The average Bonchev–Trinajstić information content (AvgIpc) is 3.33. The Morgan fingerprint density at radius 2 is 1.85 bits per heavy atom. The zero-order chi connectivity index (χ0) is 23.6. The van der Waals surface area contributed by atoms with Gasteiger partial charge in [0.1, 0.15) is 11.5 Å². The van der Waals surface area contributed by atoms with Crippen LogP contribution < -0.4 is 20.8 Å². The van der Waals surface area contributed by atoms with E-state index in [1.807, 2.05) is 32.0 Å². The summed E-state index contributed by atoms with van der Waals surface area (Å²) in [4.78, 5) is 36.0. The second-order valence-electron chi connectivity index (χ2n) is 7.15. The van der Waals surface area contributed by atoms with Gasteiger partial charge in [-0.15, -0.1) is 0 Å². The standard InChI is InChI=1S/C24H24N4O5/c1-16-9-10-17(2)20(12-16)27-22(29)15-33-21-8-4-3-6-18(21)13-26-28-24(31)23(30)25-14-19-7-5-11-32-19/h3-13H,14-15H2,1-2H3,(H,25,30)(H,27,29)(H,28,31)/b26-13-. The Kier molecular flexibility index (Phi) is 7.96. The first-order chi connectivity index (χ1) is 15.9. The molecule has 0 spiro atoms. The number of hydrogen-bond acceptors (Lipinski definition) is 6. The highest BCUT2D eigenvalue weighted by atomic mass is 16.5. The lowest BCUT2D eigenvalue weighted by molar-refractivity contribution is -0.139. The Bertz CT molecular complexity index is 1160. The molecule has 3 N–H and O–H groups in total. The number of ether oxygens (including phenoxy) is 1. The van der Waals surface area contributed by atoms with Crippen molar-refractivity contribution < 1.29 is 23.5 Å². The van der Waals surface area contributed by atoms with Crippen LogP contribution in [0, 0.1) is 13.8 Å². The van der Waals surface area contributed by atoms with E-state index >= 15 is 0 Å². The van der Waals surface area contributed by atoms with Gasteiger partial charge in [-0.1, -0.05) is 24.3 Å². The summed E-state index contributed by atoms with van der Waals surface area (Å²) in [5, 5.41) is 9.04. The first-order valence-electron chi connectivity index (χ1n) is 10.1. The second-order valence-corrected chi connectivity index (χ2v) is 7.15. The van der Waals surface area contributed by atoms with E-state index in [1.165, 1.54) is 12.5 Å². The number of amides is 3. The molecule has 0 aliphatic heterocycles. The number of nitrogens with one attached hydrogen (secondary N) is 3. The fourth-order valence-corrected chi connectivity index (χ4v) is 2.79. The third-order valence-corrected chi connectivity index (χ3v) is 4.52. The third kappa shape index (κ3) is 7.06. The maximum Gasteiger partial charge on any atom is 0.329 e. The van der Waals surface area contributed by atoms with E-state index in [1.54, 1.807) is 36.4 Å². The molecule has 9 heteroatoms. The Morgan fingerprint density at radius 1 is 1.03 bits per heavy atom. The molecule has 1 aromatic heterocycles. The van der Waals surface area contributed by atoms with Crippen LogP contribution in [0.1, 0.15) is 22.5 Å². The van der Waals surface area contributed by atoms with Gasteiger partial charge in [0.25, 0.3) is 5.91 Å². The molecule has 3 aromatic rings. The van der Waals surface area contributed by atoms with Crippen LogP contribution in [-0.4, -0.2) is 30.5 Å². The summed E-state index contributed by atoms with van der Waals surface area (Å²) in [6, 6.07) is 16.0. The summed E-state index contributed by atoms with van der Waals surface area (Å²) in [5.41, 5.74) is 5.39. The Morgan fingerprint density at radius 3 is 2.64 bits per heavy atom. The normalized spacial score (nSPS) is 10.6. The molecule has 2 aromatic carbocycles. The van der Waals surface area contributed by atoms with Crippen molar-refractivity contribution in [1.29, 1.82) is 0 Å². The number of furan rings is 1. The first kappa shape index (κ1) is 23.3. The SMILES string of the molecule is Cc1ccc(C)c(NC(=O)COc2ccccc2/C=N\NC(=O)C(=O)NCc2ccco2)c1. The number of anilines is 1. The zero-order valence-corrected chi connectivity index (χ0v) is 18.3. The molecule has 0 fully saturated rings. The van der Waals surface area contributed by atoms with E-state index in [2.05, 4.69) is 21.2 Å². The molecule has 1 heterocycles. The quantitative estimate of drug-likeness (QED) is 0.278. The van der Waals surface area contributed by atoms with Crippen LogP contribution in [0.4, 0.5) is 5.69 Å². The summed E-state index contributed by atoms with van der Waals surface area (Å²) in [6.45, 7) is 3.74. The van der Waals surface area contributed by atoms with Gasteiger partial charge in [0.05, 0.1) is 19.0 Å². The maximum absolute atomic E-state index is 12.3. The van der Waals surface area contributed by atoms with Crippen LogP contribution in [0.25, 0.3) is 0 Å². The number of carbonyl (C=O) groups excluding carboxylic acids is 3. The number of para-hydroxylation sites is 1. The van der Waals surface area contributed by atoms with Crippen molar-refractivity contribution in [2.45, 2.75) is 20.4 Å². The summed E-state index contributed by atoms with van der Waals surface area (Å²) in [6.07, 6.45) is 2.80. The van der Waals surface area contributed by atoms with Gasteiger partial charge >= 0.3 is 11.8 Å². The number of benzene rings is 2. The van der Waals surface area contributed by atoms with E-state index in [-0.39, 0.29) is 19.1 Å². The van der Waals surface area contributed by atoms with Crippen molar-refractivity contribution >= 4 is 29.6 Å². The minimum absolute atomic E-state index is 0.0871. The predicted octanol–water partition coefficient (Wildman–Crippen LogP) is 2.68.